The number of rotatable bonds is 5. The van der Waals surface area contributed by atoms with Crippen LogP contribution in [-0.4, -0.2) is 36.5 Å². The van der Waals surface area contributed by atoms with Gasteiger partial charge < -0.3 is 9.84 Å². The fourth-order valence-corrected chi connectivity index (χ4v) is 2.01. The molecule has 17 heavy (non-hydrogen) atoms. The van der Waals surface area contributed by atoms with Gasteiger partial charge in [-0.05, 0) is 18.8 Å². The Labute approximate surface area is 95.8 Å². The van der Waals surface area contributed by atoms with Crippen LogP contribution in [0.25, 0.3) is 0 Å². The summed E-state index contributed by atoms with van der Waals surface area (Å²) in [5.74, 6) is -3.04. The highest BCUT2D eigenvalue weighted by molar-refractivity contribution is 4.82. The van der Waals surface area contributed by atoms with Crippen molar-refractivity contribution in [2.45, 2.75) is 43.9 Å². The molecule has 0 heterocycles. The van der Waals surface area contributed by atoms with E-state index in [9.17, 15) is 27.1 Å². The summed E-state index contributed by atoms with van der Waals surface area (Å²) in [5.41, 5.74) is 0. The zero-order valence-corrected chi connectivity index (χ0v) is 9.14. The summed E-state index contributed by atoms with van der Waals surface area (Å²) in [6.45, 7) is -1.90. The molecule has 1 rings (SSSR count). The van der Waals surface area contributed by atoms with Gasteiger partial charge in [-0.3, -0.25) is 0 Å². The smallest absolute Gasteiger partial charge is 0.391 e. The van der Waals surface area contributed by atoms with E-state index in [-0.39, 0.29) is 25.2 Å². The predicted molar refractivity (Wildman–Crippen MR) is 49.8 cm³/mol. The summed E-state index contributed by atoms with van der Waals surface area (Å²) >= 11 is 0. The standard InChI is InChI=1S/C10H15F5O2/c11-9(12)2-1-7(4-9)3-8(16)5-17-6-10(13,14)15/h7-8,16H,1-6H2. The third kappa shape index (κ3) is 6.16. The molecule has 0 saturated heterocycles. The van der Waals surface area contributed by atoms with Crippen LogP contribution in [0.1, 0.15) is 25.7 Å². The summed E-state index contributed by atoms with van der Waals surface area (Å²) in [5, 5.41) is 9.34. The Bertz CT molecular complexity index is 241. The molecule has 0 aliphatic heterocycles. The molecule has 0 amide bonds. The Morgan fingerprint density at radius 1 is 1.35 bits per heavy atom. The second-order valence-electron chi connectivity index (χ2n) is 4.48. The van der Waals surface area contributed by atoms with Crippen molar-refractivity contribution in [1.82, 2.24) is 0 Å². The van der Waals surface area contributed by atoms with Crippen molar-refractivity contribution in [2.24, 2.45) is 5.92 Å². The highest BCUT2D eigenvalue weighted by atomic mass is 19.4. The molecular weight excluding hydrogens is 247 g/mol. The number of hydrogen-bond donors (Lipinski definition) is 1. The van der Waals surface area contributed by atoms with Crippen molar-refractivity contribution in [2.75, 3.05) is 13.2 Å². The molecule has 2 unspecified atom stereocenters. The molecule has 1 aliphatic rings. The number of aliphatic hydroxyl groups excluding tert-OH is 1. The van der Waals surface area contributed by atoms with Crippen molar-refractivity contribution in [3.05, 3.63) is 0 Å². The first kappa shape index (κ1) is 14.6. The SMILES string of the molecule is OC(COCC(F)(F)F)CC1CCC(F)(F)C1. The van der Waals surface area contributed by atoms with E-state index >= 15 is 0 Å². The summed E-state index contributed by atoms with van der Waals surface area (Å²) < 4.78 is 65.0. The van der Waals surface area contributed by atoms with Gasteiger partial charge in [-0.25, -0.2) is 8.78 Å². The van der Waals surface area contributed by atoms with Crippen molar-refractivity contribution < 1.29 is 31.8 Å². The van der Waals surface area contributed by atoms with Gasteiger partial charge in [0.05, 0.1) is 12.7 Å². The molecule has 0 aromatic rings. The lowest BCUT2D eigenvalue weighted by Gasteiger charge is -2.16. The van der Waals surface area contributed by atoms with Gasteiger partial charge in [-0.15, -0.1) is 0 Å². The molecule has 0 radical (unpaired) electrons. The number of ether oxygens (including phenoxy) is 1. The van der Waals surface area contributed by atoms with E-state index < -0.39 is 31.4 Å². The second kappa shape index (κ2) is 5.48. The first-order valence-electron chi connectivity index (χ1n) is 5.38. The highest BCUT2D eigenvalue weighted by Crippen LogP contribution is 2.40. The first-order valence-corrected chi connectivity index (χ1v) is 5.38. The molecule has 2 atom stereocenters. The minimum absolute atomic E-state index is 0.0629. The monoisotopic (exact) mass is 262 g/mol. The maximum absolute atomic E-state index is 12.8. The fraction of sp³-hybridized carbons (Fsp3) is 1.00. The second-order valence-corrected chi connectivity index (χ2v) is 4.48. The molecule has 0 bridgehead atoms. The Morgan fingerprint density at radius 2 is 2.00 bits per heavy atom. The summed E-state index contributed by atoms with van der Waals surface area (Å²) in [7, 11) is 0. The van der Waals surface area contributed by atoms with Gasteiger partial charge in [0.25, 0.3) is 0 Å². The van der Waals surface area contributed by atoms with E-state index in [1.165, 1.54) is 0 Å². The van der Waals surface area contributed by atoms with Gasteiger partial charge in [-0.2, -0.15) is 13.2 Å². The van der Waals surface area contributed by atoms with Gasteiger partial charge in [0.1, 0.15) is 6.61 Å². The van der Waals surface area contributed by atoms with Crippen LogP contribution in [0.3, 0.4) is 0 Å². The molecule has 1 aliphatic carbocycles. The lowest BCUT2D eigenvalue weighted by atomic mass is 10.0. The lowest BCUT2D eigenvalue weighted by Crippen LogP contribution is -2.24. The molecular formula is C10H15F5O2. The number of hydrogen-bond acceptors (Lipinski definition) is 2. The van der Waals surface area contributed by atoms with Crippen LogP contribution in [0.2, 0.25) is 0 Å². The average molecular weight is 262 g/mol. The highest BCUT2D eigenvalue weighted by Gasteiger charge is 2.39. The Hall–Kier alpha value is -0.430. The normalized spacial score (nSPS) is 26.1. The molecule has 1 fully saturated rings. The van der Waals surface area contributed by atoms with Gasteiger partial charge in [0, 0.05) is 12.8 Å². The molecule has 1 N–H and O–H groups in total. The zero-order valence-electron chi connectivity index (χ0n) is 9.14. The first-order chi connectivity index (χ1) is 7.68. The quantitative estimate of drug-likeness (QED) is 0.772. The molecule has 102 valence electrons. The van der Waals surface area contributed by atoms with Crippen molar-refractivity contribution in [1.29, 1.82) is 0 Å². The van der Waals surface area contributed by atoms with Crippen LogP contribution in [0.4, 0.5) is 22.0 Å². The van der Waals surface area contributed by atoms with E-state index in [1.807, 2.05) is 0 Å². The number of aliphatic hydroxyl groups is 1. The maximum atomic E-state index is 12.8. The fourth-order valence-electron chi connectivity index (χ4n) is 2.01. The Kier molecular flexibility index (Phi) is 4.71. The lowest BCUT2D eigenvalue weighted by molar-refractivity contribution is -0.179. The Morgan fingerprint density at radius 3 is 2.47 bits per heavy atom. The summed E-state index contributed by atoms with van der Waals surface area (Å²) in [6.07, 6.45) is -5.70. The van der Waals surface area contributed by atoms with Gasteiger partial charge >= 0.3 is 6.18 Å². The third-order valence-electron chi connectivity index (χ3n) is 2.69. The largest absolute Gasteiger partial charge is 0.411 e. The minimum atomic E-state index is -4.43. The summed E-state index contributed by atoms with van der Waals surface area (Å²) in [4.78, 5) is 0. The van der Waals surface area contributed by atoms with Crippen LogP contribution in [0.5, 0.6) is 0 Å². The van der Waals surface area contributed by atoms with Gasteiger partial charge in [0.15, 0.2) is 0 Å². The minimum Gasteiger partial charge on any atom is -0.391 e. The zero-order chi connectivity index (χ0) is 13.1. The van der Waals surface area contributed by atoms with Crippen molar-refractivity contribution >= 4 is 0 Å². The average Bonchev–Trinajstić information content (AvgIpc) is 2.42. The van der Waals surface area contributed by atoms with Crippen LogP contribution in [0.15, 0.2) is 0 Å². The van der Waals surface area contributed by atoms with Crippen molar-refractivity contribution in [3.63, 3.8) is 0 Å². The van der Waals surface area contributed by atoms with E-state index in [2.05, 4.69) is 4.74 Å². The topological polar surface area (TPSA) is 29.5 Å². The molecule has 0 spiro atoms. The van der Waals surface area contributed by atoms with Crippen LogP contribution >= 0.6 is 0 Å². The van der Waals surface area contributed by atoms with Crippen LogP contribution in [0, 0.1) is 5.92 Å². The van der Waals surface area contributed by atoms with E-state index in [0.717, 1.165) is 0 Å². The molecule has 1 saturated carbocycles. The summed E-state index contributed by atoms with van der Waals surface area (Å²) in [6, 6.07) is 0. The van der Waals surface area contributed by atoms with E-state index in [1.54, 1.807) is 0 Å². The Balaban J connectivity index is 2.16. The van der Waals surface area contributed by atoms with Crippen molar-refractivity contribution in [3.8, 4) is 0 Å². The van der Waals surface area contributed by atoms with Gasteiger partial charge in [-0.1, -0.05) is 0 Å². The van der Waals surface area contributed by atoms with Crippen LogP contribution < -0.4 is 0 Å². The maximum Gasteiger partial charge on any atom is 0.411 e. The molecule has 0 aromatic heterocycles. The third-order valence-corrected chi connectivity index (χ3v) is 2.69. The molecule has 2 nitrogen and oxygen atoms in total. The number of halogens is 5. The van der Waals surface area contributed by atoms with E-state index in [0.29, 0.717) is 6.42 Å². The van der Waals surface area contributed by atoms with E-state index in [4.69, 9.17) is 0 Å². The molecule has 7 heteroatoms. The van der Waals surface area contributed by atoms with Gasteiger partial charge in [0.2, 0.25) is 5.92 Å². The predicted octanol–water partition coefficient (Wildman–Crippen LogP) is 2.75. The molecule has 0 aromatic carbocycles. The van der Waals surface area contributed by atoms with Crippen LogP contribution in [-0.2, 0) is 4.74 Å². The number of alkyl halides is 5.